The molecular formula is C26H28N4O4. The summed E-state index contributed by atoms with van der Waals surface area (Å²) in [5.74, 6) is -1.30. The van der Waals surface area contributed by atoms with E-state index < -0.39 is 12.1 Å². The second-order valence-electron chi connectivity index (χ2n) is 8.52. The van der Waals surface area contributed by atoms with Crippen LogP contribution in [0.1, 0.15) is 37.3 Å². The van der Waals surface area contributed by atoms with Gasteiger partial charge in [0, 0.05) is 37.7 Å². The molecule has 4 rings (SSSR count). The summed E-state index contributed by atoms with van der Waals surface area (Å²) in [4.78, 5) is 52.5. The van der Waals surface area contributed by atoms with E-state index in [1.165, 1.54) is 11.8 Å². The molecule has 0 bridgehead atoms. The van der Waals surface area contributed by atoms with Crippen LogP contribution in [0.2, 0.25) is 0 Å². The fourth-order valence-electron chi connectivity index (χ4n) is 4.49. The van der Waals surface area contributed by atoms with Crippen LogP contribution < -0.4 is 16.0 Å². The number of nitrogens with one attached hydrogen (secondary N) is 3. The van der Waals surface area contributed by atoms with Gasteiger partial charge in [-0.05, 0) is 24.0 Å². The molecule has 2 atom stereocenters. The molecule has 2 aromatic rings. The summed E-state index contributed by atoms with van der Waals surface area (Å²) in [5, 5.41) is 8.45. The summed E-state index contributed by atoms with van der Waals surface area (Å²) >= 11 is 0. The minimum Gasteiger partial charge on any atom is -0.350 e. The molecule has 0 spiro atoms. The van der Waals surface area contributed by atoms with Crippen LogP contribution in [0.4, 0.5) is 0 Å². The van der Waals surface area contributed by atoms with Crippen LogP contribution in [-0.2, 0) is 32.3 Å². The molecule has 8 heteroatoms. The summed E-state index contributed by atoms with van der Waals surface area (Å²) < 4.78 is 0. The maximum Gasteiger partial charge on any atom is 0.250 e. The molecule has 2 aliphatic heterocycles. The van der Waals surface area contributed by atoms with Crippen LogP contribution >= 0.6 is 0 Å². The monoisotopic (exact) mass is 460 g/mol. The Labute approximate surface area is 198 Å². The van der Waals surface area contributed by atoms with Crippen molar-refractivity contribution in [1.29, 1.82) is 0 Å². The molecule has 4 amide bonds. The molecule has 2 unspecified atom stereocenters. The van der Waals surface area contributed by atoms with Crippen LogP contribution in [0.15, 0.2) is 71.9 Å². The Morgan fingerprint density at radius 2 is 1.50 bits per heavy atom. The molecule has 3 N–H and O–H groups in total. The summed E-state index contributed by atoms with van der Waals surface area (Å²) in [6, 6.07) is 17.4. The van der Waals surface area contributed by atoms with Gasteiger partial charge in [-0.2, -0.15) is 0 Å². The number of allylic oxidation sites excluding steroid dienone is 1. The van der Waals surface area contributed by atoms with E-state index in [9.17, 15) is 19.2 Å². The Balaban J connectivity index is 1.53. The molecule has 0 aromatic heterocycles. The maximum absolute atomic E-state index is 13.2. The van der Waals surface area contributed by atoms with Gasteiger partial charge in [-0.3, -0.25) is 19.2 Å². The number of carbonyl (C=O) groups excluding carboxylic acids is 4. The number of rotatable bonds is 7. The third kappa shape index (κ3) is 5.17. The van der Waals surface area contributed by atoms with Crippen LogP contribution in [0.25, 0.3) is 0 Å². The summed E-state index contributed by atoms with van der Waals surface area (Å²) in [6.45, 7) is 2.02. The van der Waals surface area contributed by atoms with Crippen molar-refractivity contribution in [1.82, 2.24) is 20.9 Å². The minimum atomic E-state index is -0.888. The molecule has 0 radical (unpaired) electrons. The fraction of sp³-hybridized carbons (Fsp3) is 0.308. The zero-order chi connectivity index (χ0) is 24.1. The molecule has 8 nitrogen and oxygen atoms in total. The van der Waals surface area contributed by atoms with Gasteiger partial charge in [0.1, 0.15) is 12.1 Å². The number of nitrogens with zero attached hydrogens (tertiary/aromatic N) is 1. The van der Waals surface area contributed by atoms with Crippen molar-refractivity contribution in [3.8, 4) is 0 Å². The first kappa shape index (κ1) is 23.2. The molecule has 1 fully saturated rings. The lowest BCUT2D eigenvalue weighted by Crippen LogP contribution is -2.55. The highest BCUT2D eigenvalue weighted by Crippen LogP contribution is 2.36. The quantitative estimate of drug-likeness (QED) is 0.585. The summed E-state index contributed by atoms with van der Waals surface area (Å²) in [6.07, 6.45) is 0.962. The van der Waals surface area contributed by atoms with Crippen molar-refractivity contribution >= 4 is 23.6 Å². The van der Waals surface area contributed by atoms with Crippen molar-refractivity contribution < 1.29 is 19.2 Å². The number of hydrogen-bond acceptors (Lipinski definition) is 4. The van der Waals surface area contributed by atoms with E-state index in [0.29, 0.717) is 37.2 Å². The topological polar surface area (TPSA) is 108 Å². The molecule has 34 heavy (non-hydrogen) atoms. The predicted octanol–water partition coefficient (Wildman–Crippen LogP) is 1.77. The Morgan fingerprint density at radius 1 is 0.912 bits per heavy atom. The van der Waals surface area contributed by atoms with Crippen LogP contribution in [0, 0.1) is 0 Å². The Bertz CT molecular complexity index is 1110. The Morgan fingerprint density at radius 3 is 2.09 bits per heavy atom. The van der Waals surface area contributed by atoms with Gasteiger partial charge in [0.15, 0.2) is 0 Å². The second kappa shape index (κ2) is 10.3. The van der Waals surface area contributed by atoms with Gasteiger partial charge in [0.2, 0.25) is 23.6 Å². The van der Waals surface area contributed by atoms with Crippen LogP contribution in [0.5, 0.6) is 0 Å². The number of amides is 4. The van der Waals surface area contributed by atoms with E-state index in [4.69, 9.17) is 0 Å². The molecule has 0 aliphatic carbocycles. The van der Waals surface area contributed by atoms with Crippen molar-refractivity contribution in [3.05, 3.63) is 83.1 Å². The lowest BCUT2D eigenvalue weighted by atomic mass is 9.96. The highest BCUT2D eigenvalue weighted by Gasteiger charge is 2.46. The summed E-state index contributed by atoms with van der Waals surface area (Å²) in [5.41, 5.74) is 2.91. The zero-order valence-electron chi connectivity index (χ0n) is 19.0. The van der Waals surface area contributed by atoms with Gasteiger partial charge in [-0.1, -0.05) is 60.7 Å². The molecule has 2 aliphatic rings. The van der Waals surface area contributed by atoms with Gasteiger partial charge in [-0.25, -0.2) is 0 Å². The standard InChI is InChI=1S/C26H28N4O4/c1-17(31)29-21-14-20(24(32)27-15-18-8-4-2-5-9-18)22-12-13-23(30(22)26(21)34)25(33)28-16-19-10-6-3-7-11-19/h2-11,21,23H,12-16H2,1H3,(H,27,32)(H,28,33)(H,29,31). The van der Waals surface area contributed by atoms with Gasteiger partial charge in [0.05, 0.1) is 0 Å². The normalized spacial score (nSPS) is 19.4. The number of benzene rings is 2. The Kier molecular flexibility index (Phi) is 7.06. The largest absolute Gasteiger partial charge is 0.350 e. The number of hydrogen-bond donors (Lipinski definition) is 3. The second-order valence-corrected chi connectivity index (χ2v) is 8.52. The van der Waals surface area contributed by atoms with E-state index in [2.05, 4.69) is 16.0 Å². The summed E-state index contributed by atoms with van der Waals surface area (Å²) in [7, 11) is 0. The van der Waals surface area contributed by atoms with E-state index in [1.54, 1.807) is 0 Å². The van der Waals surface area contributed by atoms with Gasteiger partial charge < -0.3 is 20.9 Å². The molecule has 2 heterocycles. The Hall–Kier alpha value is -3.94. The van der Waals surface area contributed by atoms with E-state index in [-0.39, 0.29) is 30.0 Å². The fourth-order valence-corrected chi connectivity index (χ4v) is 4.49. The first-order valence-electron chi connectivity index (χ1n) is 11.4. The van der Waals surface area contributed by atoms with Crippen molar-refractivity contribution in [3.63, 3.8) is 0 Å². The number of fused-ring (bicyclic) bond motifs is 1. The SMILES string of the molecule is CC(=O)NC1CC(C(=O)NCc2ccccc2)=C2CCC(C(=O)NCc3ccccc3)N2C1=O. The lowest BCUT2D eigenvalue weighted by Gasteiger charge is -2.35. The van der Waals surface area contributed by atoms with Gasteiger partial charge in [-0.15, -0.1) is 0 Å². The van der Waals surface area contributed by atoms with Crippen LogP contribution in [0.3, 0.4) is 0 Å². The average Bonchev–Trinajstić information content (AvgIpc) is 3.29. The molecule has 1 saturated heterocycles. The zero-order valence-corrected chi connectivity index (χ0v) is 19.0. The lowest BCUT2D eigenvalue weighted by molar-refractivity contribution is -0.140. The first-order chi connectivity index (χ1) is 16.4. The predicted molar refractivity (Wildman–Crippen MR) is 126 cm³/mol. The van der Waals surface area contributed by atoms with Crippen molar-refractivity contribution in [2.75, 3.05) is 0 Å². The highest BCUT2D eigenvalue weighted by atomic mass is 16.2. The van der Waals surface area contributed by atoms with E-state index in [1.807, 2.05) is 60.7 Å². The van der Waals surface area contributed by atoms with Gasteiger partial charge in [0.25, 0.3) is 0 Å². The molecule has 0 saturated carbocycles. The number of carbonyl (C=O) groups is 4. The van der Waals surface area contributed by atoms with Crippen molar-refractivity contribution in [2.24, 2.45) is 0 Å². The van der Waals surface area contributed by atoms with E-state index in [0.717, 1.165) is 11.1 Å². The third-order valence-electron chi connectivity index (χ3n) is 6.11. The molecular weight excluding hydrogens is 432 g/mol. The maximum atomic E-state index is 13.2. The highest BCUT2D eigenvalue weighted by molar-refractivity contribution is 6.01. The smallest absolute Gasteiger partial charge is 0.250 e. The van der Waals surface area contributed by atoms with Gasteiger partial charge >= 0.3 is 0 Å². The molecule has 176 valence electrons. The minimum absolute atomic E-state index is 0.100. The molecule has 2 aromatic carbocycles. The van der Waals surface area contributed by atoms with Crippen molar-refractivity contribution in [2.45, 2.75) is 51.4 Å². The van der Waals surface area contributed by atoms with E-state index >= 15 is 0 Å². The first-order valence-corrected chi connectivity index (χ1v) is 11.4. The average molecular weight is 461 g/mol. The third-order valence-corrected chi connectivity index (χ3v) is 6.11. The van der Waals surface area contributed by atoms with Crippen LogP contribution in [-0.4, -0.2) is 40.6 Å².